The molecule has 4 aromatic carbocycles. The van der Waals surface area contributed by atoms with Crippen molar-refractivity contribution in [1.82, 2.24) is 29.9 Å². The second kappa shape index (κ2) is 62.1. The summed E-state index contributed by atoms with van der Waals surface area (Å²) in [6.07, 6.45) is 58.0. The fraction of sp³-hybridized carbons (Fsp3) is 0.412. The third-order valence-corrected chi connectivity index (χ3v) is 23.8. The van der Waals surface area contributed by atoms with E-state index in [9.17, 15) is 0 Å². The van der Waals surface area contributed by atoms with E-state index in [1.54, 1.807) is 66.8 Å². The molecule has 6 heterocycles. The quantitative estimate of drug-likeness (QED) is 0.148. The minimum absolute atomic E-state index is 0. The SMILES string of the molecule is CC1CCc2c(ccc3c2C=CC3)C1.CC1CCc2c(ccc3c2C=CC3)C1.CC1CCc2cc3[nH]ccc3cc2C1.CC1CCc2cc3[nH]ccc3cc2C1.CC1CCc2cccnc2C1.CC1CCc2cccnc2C1.CC1CCc2ccncc2C1.CC1CCc2ccncc2C1.[CH3-].[CH3-].[CH3-].[CH3-].[CH3-].[CH3-].[CH3-].[CH3-].[Y].[Y].[Y].[Y].[Y].[Y].[Y].[Y]. The Balaban J connectivity index is -0.000000607. The number of aromatic nitrogens is 6. The van der Waals surface area contributed by atoms with E-state index >= 15 is 0 Å². The van der Waals surface area contributed by atoms with Crippen molar-refractivity contribution in [3.05, 3.63) is 330 Å². The average Bonchev–Trinajstić information content (AvgIpc) is 1.60. The number of H-pyrrole nitrogens is 2. The zero-order valence-corrected chi connectivity index (χ0v) is 97.3. The fourth-order valence-corrected chi connectivity index (χ4v) is 17.6. The van der Waals surface area contributed by atoms with Gasteiger partial charge in [0.05, 0.1) is 0 Å². The fourth-order valence-electron chi connectivity index (χ4n) is 17.6. The first kappa shape index (κ1) is 123. The summed E-state index contributed by atoms with van der Waals surface area (Å²) in [4.78, 5) is 23.6. The van der Waals surface area contributed by atoms with E-state index in [2.05, 4.69) is 195 Å². The molecule has 0 saturated carbocycles. The molecule has 10 aliphatic carbocycles. The number of fused-ring (bicyclic) bond motifs is 14. The van der Waals surface area contributed by atoms with Crippen molar-refractivity contribution in [3.63, 3.8) is 0 Å². The number of hydrogen-bond acceptors (Lipinski definition) is 4. The number of nitrogens with zero attached hydrogens (tertiary/aromatic N) is 4. The Morgan fingerprint density at radius 2 is 0.578 bits per heavy atom. The molecule has 0 amide bonds. The smallest absolute Gasteiger partial charge is 0.0456 e. The number of hydrogen-bond donors (Lipinski definition) is 2. The Kier molecular flexibility index (Phi) is 66.0. The number of allylic oxidation sites excluding steroid dienone is 2. The number of nitrogens with one attached hydrogen (secondary N) is 2. The normalized spacial score (nSPS) is 19.4. The summed E-state index contributed by atoms with van der Waals surface area (Å²) in [7, 11) is 0. The van der Waals surface area contributed by atoms with Crippen molar-refractivity contribution in [3.8, 4) is 0 Å². The van der Waals surface area contributed by atoms with Crippen molar-refractivity contribution in [2.45, 2.75) is 222 Å². The Hall–Kier alpha value is 0.871. The minimum atomic E-state index is 0. The molecule has 20 rings (SSSR count). The molecule has 10 aromatic rings. The Labute approximate surface area is 910 Å². The molecule has 6 nitrogen and oxygen atoms in total. The summed E-state index contributed by atoms with van der Waals surface area (Å²) < 4.78 is 0. The first-order chi connectivity index (χ1) is 48.8. The average molecular weight is 2160 g/mol. The van der Waals surface area contributed by atoms with Gasteiger partial charge in [0.25, 0.3) is 0 Å². The maximum atomic E-state index is 4.37. The molecule has 8 unspecified atom stereocenters. The van der Waals surface area contributed by atoms with Gasteiger partial charge in [-0.15, -0.1) is 0 Å². The monoisotopic (exact) mass is 2160 g/mol. The number of benzene rings is 4. The minimum Gasteiger partial charge on any atom is -0.361 e. The van der Waals surface area contributed by atoms with Crippen LogP contribution in [-0.2, 0) is 377 Å². The Morgan fingerprint density at radius 3 is 0.940 bits per heavy atom. The van der Waals surface area contributed by atoms with E-state index in [1.807, 2.05) is 61.7 Å². The predicted molar refractivity (Wildman–Crippen MR) is 473 cm³/mol. The van der Waals surface area contributed by atoms with Crippen molar-refractivity contribution >= 4 is 34.0 Å². The van der Waals surface area contributed by atoms with Crippen molar-refractivity contribution in [2.24, 2.45) is 47.3 Å². The molecule has 2 N–H and O–H groups in total. The molecule has 8 radical (unpaired) electrons. The van der Waals surface area contributed by atoms with Gasteiger partial charge >= 0.3 is 0 Å². The first-order valence-corrected chi connectivity index (χ1v) is 39.3. The zero-order valence-electron chi connectivity index (χ0n) is 74.6. The Bertz CT molecular complexity index is 4070. The molecular formula is C102H138N6Y8-8. The molecule has 608 valence electrons. The van der Waals surface area contributed by atoms with Gasteiger partial charge in [-0.2, -0.15) is 0 Å². The second-order valence-electron chi connectivity index (χ2n) is 32.4. The van der Waals surface area contributed by atoms with Crippen LogP contribution < -0.4 is 0 Å². The largest absolute Gasteiger partial charge is 0.361 e. The van der Waals surface area contributed by atoms with Crippen molar-refractivity contribution in [2.75, 3.05) is 0 Å². The van der Waals surface area contributed by atoms with Crippen LogP contribution in [0.2, 0.25) is 0 Å². The van der Waals surface area contributed by atoms with Crippen LogP contribution in [0.25, 0.3) is 34.0 Å². The zero-order chi connectivity index (χ0) is 68.9. The molecular weight excluding hydrogens is 2020 g/mol. The predicted octanol–water partition coefficient (Wildman–Crippen LogP) is 25.8. The van der Waals surface area contributed by atoms with E-state index in [4.69, 9.17) is 0 Å². The standard InChI is InChI=1S/2C14H16.2C13H15N.4C10H13N.8CH3.8Y/c2*1-10-5-8-14-12(9-10)7-6-11-3-2-4-13(11)14;2*1-9-2-3-10-8-13-11(4-5-14-13)7-12(10)6-9;2*1-8-2-3-9-4-5-11-7-10(9)6-8;2*1-8-4-5-9-3-2-6-11-10(9)7-8;;;;;;;;;;;;;;;;/h2*2,4,6-7,10H,3,5,8-9H2,1H3;2*4-5,7-9,14H,2-3,6H2,1H3;2*4-5,7-8H,2-3,6H2,1H3;2*2-3,6,8H,4-5,7H2,1H3;8*1H3;;;;;;;;/q;;;;;;;;8*-1;;;;;;;;. The third kappa shape index (κ3) is 34.8. The summed E-state index contributed by atoms with van der Waals surface area (Å²) in [5, 5.41) is 2.72. The van der Waals surface area contributed by atoms with Crippen LogP contribution in [0.4, 0.5) is 0 Å². The molecule has 0 bridgehead atoms. The molecule has 6 aromatic heterocycles. The molecule has 0 aliphatic heterocycles. The van der Waals surface area contributed by atoms with Gasteiger partial charge in [0, 0.05) is 334 Å². The van der Waals surface area contributed by atoms with E-state index < -0.39 is 0 Å². The summed E-state index contributed by atoms with van der Waals surface area (Å²) >= 11 is 0. The maximum Gasteiger partial charge on any atom is 0.0456 e. The molecule has 0 fully saturated rings. The third-order valence-electron chi connectivity index (χ3n) is 23.8. The van der Waals surface area contributed by atoms with E-state index in [1.165, 1.54) is 221 Å². The number of pyridine rings is 4. The van der Waals surface area contributed by atoms with Crippen LogP contribution in [0, 0.1) is 107 Å². The topological polar surface area (TPSA) is 83.1 Å². The van der Waals surface area contributed by atoms with Crippen LogP contribution in [0.3, 0.4) is 0 Å². The van der Waals surface area contributed by atoms with Crippen LogP contribution in [0.15, 0.2) is 159 Å². The summed E-state index contributed by atoms with van der Waals surface area (Å²) in [5.41, 5.74) is 33.0. The van der Waals surface area contributed by atoms with Crippen LogP contribution in [-0.4, -0.2) is 29.9 Å². The van der Waals surface area contributed by atoms with Crippen molar-refractivity contribution < 1.29 is 262 Å². The van der Waals surface area contributed by atoms with Gasteiger partial charge in [-0.05, 0) is 386 Å². The van der Waals surface area contributed by atoms with Gasteiger partial charge in [-0.25, -0.2) is 0 Å². The second-order valence-corrected chi connectivity index (χ2v) is 32.4. The van der Waals surface area contributed by atoms with Crippen LogP contribution >= 0.6 is 0 Å². The number of rotatable bonds is 0. The number of aromatic amines is 2. The molecule has 8 atom stereocenters. The first-order valence-electron chi connectivity index (χ1n) is 39.3. The molecule has 0 spiro atoms. The summed E-state index contributed by atoms with van der Waals surface area (Å²) in [6.45, 7) is 18.7. The molecule has 116 heavy (non-hydrogen) atoms. The summed E-state index contributed by atoms with van der Waals surface area (Å²) in [5.74, 6) is 6.85. The van der Waals surface area contributed by atoms with E-state index in [0.29, 0.717) is 0 Å². The van der Waals surface area contributed by atoms with Gasteiger partial charge in [-0.3, -0.25) is 19.9 Å². The molecule has 14 heteroatoms. The molecule has 10 aliphatic rings. The maximum absolute atomic E-state index is 4.37. The Morgan fingerprint density at radius 1 is 0.276 bits per heavy atom. The summed E-state index contributed by atoms with van der Waals surface area (Å²) in [6, 6.07) is 35.9. The van der Waals surface area contributed by atoms with Gasteiger partial charge in [0.1, 0.15) is 0 Å². The number of aryl methyl sites for hydroxylation is 6. The van der Waals surface area contributed by atoms with Gasteiger partial charge in [0.15, 0.2) is 0 Å². The van der Waals surface area contributed by atoms with E-state index in [-0.39, 0.29) is 321 Å². The molecule has 0 saturated heterocycles. The van der Waals surface area contributed by atoms with E-state index in [0.717, 1.165) is 60.2 Å². The van der Waals surface area contributed by atoms with Crippen LogP contribution in [0.1, 0.15) is 218 Å². The van der Waals surface area contributed by atoms with Gasteiger partial charge < -0.3 is 69.4 Å². The van der Waals surface area contributed by atoms with Gasteiger partial charge in [0.2, 0.25) is 0 Å². The van der Waals surface area contributed by atoms with Crippen molar-refractivity contribution in [1.29, 1.82) is 0 Å². The van der Waals surface area contributed by atoms with Crippen LogP contribution in [0.5, 0.6) is 0 Å². The van der Waals surface area contributed by atoms with Gasteiger partial charge in [-0.1, -0.05) is 116 Å².